The van der Waals surface area contributed by atoms with Crippen LogP contribution in [0.2, 0.25) is 0 Å². The van der Waals surface area contributed by atoms with Gasteiger partial charge in [0.25, 0.3) is 5.69 Å². The van der Waals surface area contributed by atoms with Crippen LogP contribution in [-0.4, -0.2) is 12.0 Å². The van der Waals surface area contributed by atoms with Crippen LogP contribution in [0.5, 0.6) is 5.75 Å². The topological polar surface area (TPSA) is 52.4 Å². The summed E-state index contributed by atoms with van der Waals surface area (Å²) in [6.45, 7) is 0. The van der Waals surface area contributed by atoms with Gasteiger partial charge in [-0.05, 0) is 6.07 Å². The Hall–Kier alpha value is -0.750. The smallest absolute Gasteiger partial charge is 0.287 e. The largest absolute Gasteiger partial charge is 0.495 e. The lowest BCUT2D eigenvalue weighted by atomic mass is 10.3. The van der Waals surface area contributed by atoms with Gasteiger partial charge in [-0.25, -0.2) is 0 Å². The lowest BCUT2D eigenvalue weighted by molar-refractivity contribution is -0.387. The van der Waals surface area contributed by atoms with Gasteiger partial charge in [-0.3, -0.25) is 10.1 Å². The van der Waals surface area contributed by atoms with E-state index in [-0.39, 0.29) is 10.6 Å². The Morgan fingerprint density at radius 3 is 2.69 bits per heavy atom. The maximum Gasteiger partial charge on any atom is 0.287 e. The van der Waals surface area contributed by atoms with Gasteiger partial charge in [0.2, 0.25) is 0 Å². The van der Waals surface area contributed by atoms with E-state index in [1.807, 2.05) is 0 Å². The number of ether oxygens (including phenoxy) is 1. The predicted molar refractivity (Wildman–Crippen MR) is 54.6 cm³/mol. The molecule has 1 aromatic rings. The van der Waals surface area contributed by atoms with Gasteiger partial charge in [-0.15, -0.1) is 12.6 Å². The molecule has 13 heavy (non-hydrogen) atoms. The molecule has 1 aromatic carbocycles. The third kappa shape index (κ3) is 2.13. The summed E-state index contributed by atoms with van der Waals surface area (Å²) in [5.41, 5.74) is -0.0745. The van der Waals surface area contributed by atoms with Crippen molar-refractivity contribution < 1.29 is 9.66 Å². The molecule has 4 nitrogen and oxygen atoms in total. The number of benzene rings is 1. The Morgan fingerprint density at radius 1 is 1.62 bits per heavy atom. The van der Waals surface area contributed by atoms with Gasteiger partial charge in [-0.2, -0.15) is 0 Å². The third-order valence-electron chi connectivity index (χ3n) is 1.44. The van der Waals surface area contributed by atoms with Crippen LogP contribution < -0.4 is 4.74 Å². The van der Waals surface area contributed by atoms with Crippen LogP contribution in [0, 0.1) is 10.1 Å². The lowest BCUT2D eigenvalue weighted by Gasteiger charge is -2.04. The van der Waals surface area contributed by atoms with Gasteiger partial charge < -0.3 is 4.74 Å². The molecule has 0 amide bonds. The molecule has 1 rings (SSSR count). The minimum Gasteiger partial charge on any atom is -0.495 e. The first-order valence-corrected chi connectivity index (χ1v) is 4.51. The van der Waals surface area contributed by atoms with E-state index in [4.69, 9.17) is 4.74 Å². The van der Waals surface area contributed by atoms with Gasteiger partial charge in [-0.1, -0.05) is 15.9 Å². The van der Waals surface area contributed by atoms with Crippen molar-refractivity contribution in [2.75, 3.05) is 7.11 Å². The number of thiol groups is 1. The van der Waals surface area contributed by atoms with Crippen molar-refractivity contribution in [2.45, 2.75) is 4.90 Å². The number of nitrogens with zero attached hydrogens (tertiary/aromatic N) is 1. The van der Waals surface area contributed by atoms with Crippen molar-refractivity contribution in [3.8, 4) is 5.75 Å². The molecule has 0 aliphatic rings. The summed E-state index contributed by atoms with van der Waals surface area (Å²) >= 11 is 7.13. The van der Waals surface area contributed by atoms with Gasteiger partial charge in [0.05, 0.1) is 12.0 Å². The number of methoxy groups -OCH3 is 1. The molecule has 0 aliphatic carbocycles. The molecular weight excluding hydrogens is 258 g/mol. The zero-order valence-corrected chi connectivity index (χ0v) is 9.13. The number of nitro benzene ring substituents is 1. The van der Waals surface area contributed by atoms with E-state index in [0.29, 0.717) is 10.2 Å². The average Bonchev–Trinajstić information content (AvgIpc) is 2.08. The predicted octanol–water partition coefficient (Wildman–Crippen LogP) is 2.65. The summed E-state index contributed by atoms with van der Waals surface area (Å²) in [5.74, 6) is 0.379. The van der Waals surface area contributed by atoms with E-state index in [9.17, 15) is 10.1 Å². The molecule has 0 aliphatic heterocycles. The number of rotatable bonds is 2. The molecule has 0 fully saturated rings. The molecule has 0 radical (unpaired) electrons. The molecule has 0 N–H and O–H groups in total. The van der Waals surface area contributed by atoms with E-state index in [1.54, 1.807) is 6.07 Å². The summed E-state index contributed by atoms with van der Waals surface area (Å²) in [6, 6.07) is 3.00. The molecule has 0 saturated carbocycles. The van der Waals surface area contributed by atoms with E-state index in [2.05, 4.69) is 28.6 Å². The second-order valence-corrected chi connectivity index (χ2v) is 3.60. The second-order valence-electron chi connectivity index (χ2n) is 2.23. The van der Waals surface area contributed by atoms with E-state index >= 15 is 0 Å². The molecule has 70 valence electrons. The highest BCUT2D eigenvalue weighted by molar-refractivity contribution is 9.10. The molecule has 6 heteroatoms. The Bertz CT molecular complexity index is 356. The first kappa shape index (κ1) is 10.3. The highest BCUT2D eigenvalue weighted by Crippen LogP contribution is 2.35. The summed E-state index contributed by atoms with van der Waals surface area (Å²) < 4.78 is 5.50. The average molecular weight is 264 g/mol. The maximum absolute atomic E-state index is 10.5. The van der Waals surface area contributed by atoms with Gasteiger partial charge in [0.15, 0.2) is 0 Å². The summed E-state index contributed by atoms with van der Waals surface area (Å²) in [5, 5.41) is 10.5. The molecule has 0 aromatic heterocycles. The minimum absolute atomic E-state index is 0.0745. The fourth-order valence-electron chi connectivity index (χ4n) is 0.855. The van der Waals surface area contributed by atoms with Crippen molar-refractivity contribution in [3.63, 3.8) is 0 Å². The van der Waals surface area contributed by atoms with Crippen LogP contribution in [-0.2, 0) is 0 Å². The van der Waals surface area contributed by atoms with Gasteiger partial charge in [0.1, 0.15) is 10.6 Å². The van der Waals surface area contributed by atoms with Crippen molar-refractivity contribution in [1.82, 2.24) is 0 Å². The Balaban J connectivity index is 3.35. The Kier molecular flexibility index (Phi) is 3.16. The van der Waals surface area contributed by atoms with Gasteiger partial charge in [0, 0.05) is 10.5 Å². The van der Waals surface area contributed by atoms with Crippen LogP contribution in [0.1, 0.15) is 0 Å². The van der Waals surface area contributed by atoms with Crippen LogP contribution >= 0.6 is 28.6 Å². The normalized spacial score (nSPS) is 9.77. The molecule has 0 heterocycles. The zero-order valence-electron chi connectivity index (χ0n) is 6.65. The van der Waals surface area contributed by atoms with Crippen molar-refractivity contribution >= 4 is 34.2 Å². The summed E-state index contributed by atoms with van der Waals surface area (Å²) in [6.07, 6.45) is 0. The fraction of sp³-hybridized carbons (Fsp3) is 0.143. The fourth-order valence-corrected chi connectivity index (χ4v) is 1.58. The Morgan fingerprint density at radius 2 is 2.23 bits per heavy atom. The quantitative estimate of drug-likeness (QED) is 0.507. The van der Waals surface area contributed by atoms with Crippen LogP contribution in [0.3, 0.4) is 0 Å². The zero-order chi connectivity index (χ0) is 10.0. The first-order chi connectivity index (χ1) is 6.06. The first-order valence-electron chi connectivity index (χ1n) is 3.27. The molecule has 0 bridgehead atoms. The van der Waals surface area contributed by atoms with E-state index in [0.717, 1.165) is 0 Å². The van der Waals surface area contributed by atoms with Gasteiger partial charge >= 0.3 is 0 Å². The number of nitro groups is 1. The second kappa shape index (κ2) is 3.97. The molecule has 0 spiro atoms. The lowest BCUT2D eigenvalue weighted by Crippen LogP contribution is -1.93. The Labute approximate surface area is 88.6 Å². The molecule has 0 atom stereocenters. The molecule has 0 unspecified atom stereocenters. The van der Waals surface area contributed by atoms with Crippen LogP contribution in [0.25, 0.3) is 0 Å². The molecular formula is C7H6BrNO3S. The monoisotopic (exact) mass is 263 g/mol. The van der Waals surface area contributed by atoms with E-state index < -0.39 is 4.92 Å². The summed E-state index contributed by atoms with van der Waals surface area (Å²) in [7, 11) is 1.44. The van der Waals surface area contributed by atoms with Crippen LogP contribution in [0.15, 0.2) is 21.5 Å². The highest BCUT2D eigenvalue weighted by atomic mass is 79.9. The minimum atomic E-state index is -0.504. The van der Waals surface area contributed by atoms with E-state index in [1.165, 1.54) is 13.2 Å². The number of hydrogen-bond acceptors (Lipinski definition) is 4. The third-order valence-corrected chi connectivity index (χ3v) is 2.34. The SMILES string of the molecule is COc1cc(Br)cc([N+](=O)[O-])c1S. The molecule has 0 saturated heterocycles. The summed E-state index contributed by atoms with van der Waals surface area (Å²) in [4.78, 5) is 10.3. The number of halogens is 1. The maximum atomic E-state index is 10.5. The number of hydrogen-bond donors (Lipinski definition) is 1. The van der Waals surface area contributed by atoms with Crippen molar-refractivity contribution in [3.05, 3.63) is 26.7 Å². The highest BCUT2D eigenvalue weighted by Gasteiger charge is 2.16. The van der Waals surface area contributed by atoms with Crippen LogP contribution in [0.4, 0.5) is 5.69 Å². The standard InChI is InChI=1S/C7H6BrNO3S/c1-12-6-3-4(8)2-5(7(6)13)9(10)11/h2-3,13H,1H3. The van der Waals surface area contributed by atoms with Crippen molar-refractivity contribution in [1.29, 1.82) is 0 Å². The van der Waals surface area contributed by atoms with Crippen molar-refractivity contribution in [2.24, 2.45) is 0 Å².